The lowest BCUT2D eigenvalue weighted by Gasteiger charge is -2.21. The molecule has 5 heteroatoms. The van der Waals surface area contributed by atoms with Crippen molar-refractivity contribution in [3.8, 4) is 0 Å². The lowest BCUT2D eigenvalue weighted by molar-refractivity contribution is -0.136. The van der Waals surface area contributed by atoms with Crippen LogP contribution >= 0.6 is 0 Å². The molecule has 0 aromatic carbocycles. The lowest BCUT2D eigenvalue weighted by atomic mass is 9.96. The largest absolute Gasteiger partial charge is 0.355 e. The van der Waals surface area contributed by atoms with E-state index in [0.29, 0.717) is 32.0 Å². The Balaban J connectivity index is 4.16. The number of carbonyl (C=O) groups is 2. The predicted octanol–water partition coefficient (Wildman–Crippen LogP) is 1.13. The van der Waals surface area contributed by atoms with Crippen molar-refractivity contribution >= 4 is 11.8 Å². The van der Waals surface area contributed by atoms with Gasteiger partial charge in [0.05, 0.1) is 6.54 Å². The van der Waals surface area contributed by atoms with Gasteiger partial charge in [-0.2, -0.15) is 0 Å². The van der Waals surface area contributed by atoms with Crippen LogP contribution in [-0.4, -0.2) is 42.9 Å². The third-order valence-corrected chi connectivity index (χ3v) is 3.36. The van der Waals surface area contributed by atoms with E-state index >= 15 is 0 Å². The second-order valence-corrected chi connectivity index (χ2v) is 4.75. The molecule has 3 N–H and O–H groups in total. The molecule has 0 aliphatic carbocycles. The highest BCUT2D eigenvalue weighted by Crippen LogP contribution is 2.15. The highest BCUT2D eigenvalue weighted by molar-refractivity contribution is 5.84. The van der Waals surface area contributed by atoms with Crippen LogP contribution in [0.5, 0.6) is 0 Å². The zero-order valence-electron chi connectivity index (χ0n) is 12.6. The molecule has 0 aromatic rings. The highest BCUT2D eigenvalue weighted by Gasteiger charge is 2.16. The van der Waals surface area contributed by atoms with Crippen LogP contribution in [0.3, 0.4) is 0 Å². The standard InChI is InChI=1S/C14H29N3O2/c1-4-12(9-10-15)7-8-14(19)17(6-3)11-13(18)16-5-2/h12H,4-11,15H2,1-3H3,(H,16,18). The Kier molecular flexibility index (Phi) is 10.2. The number of hydrogen-bond donors (Lipinski definition) is 2. The van der Waals surface area contributed by atoms with E-state index in [1.807, 2.05) is 13.8 Å². The summed E-state index contributed by atoms with van der Waals surface area (Å²) in [5, 5.41) is 2.71. The monoisotopic (exact) mass is 271 g/mol. The second kappa shape index (κ2) is 10.8. The van der Waals surface area contributed by atoms with Gasteiger partial charge in [-0.25, -0.2) is 0 Å². The van der Waals surface area contributed by atoms with Crippen LogP contribution in [0, 0.1) is 5.92 Å². The van der Waals surface area contributed by atoms with E-state index in [4.69, 9.17) is 5.73 Å². The average molecular weight is 271 g/mol. The smallest absolute Gasteiger partial charge is 0.239 e. The van der Waals surface area contributed by atoms with Crippen molar-refractivity contribution < 1.29 is 9.59 Å². The van der Waals surface area contributed by atoms with Gasteiger partial charge in [-0.1, -0.05) is 13.3 Å². The molecule has 2 amide bonds. The Morgan fingerprint density at radius 2 is 1.89 bits per heavy atom. The third kappa shape index (κ3) is 7.82. The molecule has 0 fully saturated rings. The summed E-state index contributed by atoms with van der Waals surface area (Å²) >= 11 is 0. The van der Waals surface area contributed by atoms with Crippen molar-refractivity contribution in [3.63, 3.8) is 0 Å². The highest BCUT2D eigenvalue weighted by atomic mass is 16.2. The van der Waals surface area contributed by atoms with Gasteiger partial charge >= 0.3 is 0 Å². The average Bonchev–Trinajstić information content (AvgIpc) is 2.40. The number of likely N-dealkylation sites (N-methyl/N-ethyl adjacent to an activating group) is 2. The van der Waals surface area contributed by atoms with E-state index in [1.165, 1.54) is 0 Å². The number of rotatable bonds is 10. The molecule has 112 valence electrons. The van der Waals surface area contributed by atoms with Gasteiger partial charge in [0.25, 0.3) is 0 Å². The summed E-state index contributed by atoms with van der Waals surface area (Å²) in [5.41, 5.74) is 5.55. The molecule has 0 aliphatic rings. The van der Waals surface area contributed by atoms with Crippen LogP contribution < -0.4 is 11.1 Å². The van der Waals surface area contributed by atoms with Crippen LogP contribution in [0.2, 0.25) is 0 Å². The van der Waals surface area contributed by atoms with Crippen molar-refractivity contribution in [2.45, 2.75) is 46.5 Å². The maximum absolute atomic E-state index is 12.1. The fourth-order valence-corrected chi connectivity index (χ4v) is 2.08. The van der Waals surface area contributed by atoms with Crippen LogP contribution in [0.4, 0.5) is 0 Å². The first-order valence-electron chi connectivity index (χ1n) is 7.33. The van der Waals surface area contributed by atoms with E-state index in [9.17, 15) is 9.59 Å². The van der Waals surface area contributed by atoms with E-state index in [1.54, 1.807) is 4.90 Å². The minimum atomic E-state index is -0.0910. The van der Waals surface area contributed by atoms with Crippen LogP contribution in [0.15, 0.2) is 0 Å². The van der Waals surface area contributed by atoms with Crippen molar-refractivity contribution in [2.24, 2.45) is 11.7 Å². The molecule has 1 atom stereocenters. The number of amides is 2. The van der Waals surface area contributed by atoms with Gasteiger partial charge in [-0.3, -0.25) is 9.59 Å². The van der Waals surface area contributed by atoms with Crippen LogP contribution in [-0.2, 0) is 9.59 Å². The molecule has 0 saturated heterocycles. The van der Waals surface area contributed by atoms with Gasteiger partial charge in [-0.15, -0.1) is 0 Å². The summed E-state index contributed by atoms with van der Waals surface area (Å²) in [5.74, 6) is 0.480. The minimum absolute atomic E-state index is 0.0595. The van der Waals surface area contributed by atoms with E-state index in [-0.39, 0.29) is 18.4 Å². The zero-order chi connectivity index (χ0) is 14.7. The van der Waals surface area contributed by atoms with Gasteiger partial charge in [0.1, 0.15) is 0 Å². The molecule has 0 saturated carbocycles. The molecule has 0 rings (SSSR count). The Morgan fingerprint density at radius 1 is 1.21 bits per heavy atom. The summed E-state index contributed by atoms with van der Waals surface area (Å²) in [6.07, 6.45) is 3.38. The van der Waals surface area contributed by atoms with Crippen molar-refractivity contribution in [2.75, 3.05) is 26.2 Å². The SMILES string of the molecule is CCNC(=O)CN(CC)C(=O)CCC(CC)CCN. The normalized spacial score (nSPS) is 12.0. The first-order valence-corrected chi connectivity index (χ1v) is 7.33. The summed E-state index contributed by atoms with van der Waals surface area (Å²) in [4.78, 5) is 25.2. The molecule has 0 aromatic heterocycles. The second-order valence-electron chi connectivity index (χ2n) is 4.75. The quantitative estimate of drug-likeness (QED) is 0.625. The number of carbonyl (C=O) groups excluding carboxylic acids is 2. The molecule has 1 unspecified atom stereocenters. The summed E-state index contributed by atoms with van der Waals surface area (Å²) < 4.78 is 0. The van der Waals surface area contributed by atoms with Crippen molar-refractivity contribution in [3.05, 3.63) is 0 Å². The van der Waals surface area contributed by atoms with Crippen molar-refractivity contribution in [1.82, 2.24) is 10.2 Å². The Bertz CT molecular complexity index is 269. The van der Waals surface area contributed by atoms with Crippen molar-refractivity contribution in [1.29, 1.82) is 0 Å². The summed E-state index contributed by atoms with van der Waals surface area (Å²) in [7, 11) is 0. The Morgan fingerprint density at radius 3 is 2.37 bits per heavy atom. The first-order chi connectivity index (χ1) is 9.08. The molecular formula is C14H29N3O2. The fourth-order valence-electron chi connectivity index (χ4n) is 2.08. The van der Waals surface area contributed by atoms with E-state index in [2.05, 4.69) is 12.2 Å². The number of hydrogen-bond acceptors (Lipinski definition) is 3. The topological polar surface area (TPSA) is 75.4 Å². The molecule has 0 bridgehead atoms. The number of nitrogens with two attached hydrogens (primary N) is 1. The predicted molar refractivity (Wildman–Crippen MR) is 77.6 cm³/mol. The Hall–Kier alpha value is -1.10. The third-order valence-electron chi connectivity index (χ3n) is 3.36. The van der Waals surface area contributed by atoms with Gasteiger partial charge in [0.15, 0.2) is 0 Å². The molecular weight excluding hydrogens is 242 g/mol. The molecule has 0 spiro atoms. The van der Waals surface area contributed by atoms with Crippen LogP contribution in [0.25, 0.3) is 0 Å². The van der Waals surface area contributed by atoms with Gasteiger partial charge < -0.3 is 16.0 Å². The Labute approximate surface area is 116 Å². The van der Waals surface area contributed by atoms with E-state index in [0.717, 1.165) is 19.3 Å². The molecule has 19 heavy (non-hydrogen) atoms. The molecule has 0 aliphatic heterocycles. The minimum Gasteiger partial charge on any atom is -0.355 e. The molecule has 0 heterocycles. The van der Waals surface area contributed by atoms with Gasteiger partial charge in [0.2, 0.25) is 11.8 Å². The number of nitrogens with zero attached hydrogens (tertiary/aromatic N) is 1. The first kappa shape index (κ1) is 17.9. The van der Waals surface area contributed by atoms with Crippen LogP contribution in [0.1, 0.15) is 46.5 Å². The number of nitrogens with one attached hydrogen (secondary N) is 1. The lowest BCUT2D eigenvalue weighted by Crippen LogP contribution is -2.40. The van der Waals surface area contributed by atoms with Gasteiger partial charge in [-0.05, 0) is 39.2 Å². The summed E-state index contributed by atoms with van der Waals surface area (Å²) in [6.45, 7) is 7.89. The fraction of sp³-hybridized carbons (Fsp3) is 0.857. The molecule has 5 nitrogen and oxygen atoms in total. The maximum Gasteiger partial charge on any atom is 0.239 e. The van der Waals surface area contributed by atoms with E-state index < -0.39 is 0 Å². The molecule has 0 radical (unpaired) electrons. The maximum atomic E-state index is 12.1. The zero-order valence-corrected chi connectivity index (χ0v) is 12.6. The summed E-state index contributed by atoms with van der Waals surface area (Å²) in [6, 6.07) is 0. The van der Waals surface area contributed by atoms with Gasteiger partial charge in [0, 0.05) is 19.5 Å².